The average molecular weight is 352 g/mol. The van der Waals surface area contributed by atoms with Crippen molar-refractivity contribution in [3.8, 4) is 11.4 Å². The summed E-state index contributed by atoms with van der Waals surface area (Å²) in [5.41, 5.74) is 3.22. The van der Waals surface area contributed by atoms with Crippen LogP contribution in [0.3, 0.4) is 0 Å². The first kappa shape index (κ1) is 15.6. The molecule has 0 atom stereocenters. The molecule has 0 bridgehead atoms. The Bertz CT molecular complexity index is 1000. The van der Waals surface area contributed by atoms with Crippen molar-refractivity contribution in [2.24, 2.45) is 0 Å². The molecule has 0 saturated carbocycles. The first-order valence-electron chi connectivity index (χ1n) is 7.92. The number of fused-ring (bicyclic) bond motifs is 1. The summed E-state index contributed by atoms with van der Waals surface area (Å²) in [5.74, 6) is 0.820. The van der Waals surface area contributed by atoms with Crippen LogP contribution in [0.15, 0.2) is 52.5 Å². The number of carbonyl (C=O) groups is 1. The fourth-order valence-electron chi connectivity index (χ4n) is 2.52. The van der Waals surface area contributed by atoms with Crippen LogP contribution < -0.4 is 5.32 Å². The largest absolute Gasteiger partial charge is 0.459 e. The molecule has 0 fully saturated rings. The lowest BCUT2D eigenvalue weighted by atomic mass is 10.1. The van der Waals surface area contributed by atoms with Gasteiger partial charge in [-0.3, -0.25) is 4.79 Å². The summed E-state index contributed by atoms with van der Waals surface area (Å²) in [7, 11) is 0. The molecule has 1 amide bonds. The van der Waals surface area contributed by atoms with E-state index in [0.29, 0.717) is 24.6 Å². The molecule has 3 aromatic heterocycles. The number of carbonyl (C=O) groups excluding carboxylic acids is 1. The molecule has 6 nitrogen and oxygen atoms in total. The smallest absolute Gasteiger partial charge is 0.286 e. The maximum Gasteiger partial charge on any atom is 0.286 e. The monoisotopic (exact) mass is 352 g/mol. The van der Waals surface area contributed by atoms with Crippen LogP contribution in [0.25, 0.3) is 16.3 Å². The maximum atomic E-state index is 11.9. The lowest BCUT2D eigenvalue weighted by Crippen LogP contribution is -2.25. The number of aryl methyl sites for hydroxylation is 1. The van der Waals surface area contributed by atoms with Crippen LogP contribution in [0.2, 0.25) is 0 Å². The highest BCUT2D eigenvalue weighted by Gasteiger charge is 2.12. The minimum Gasteiger partial charge on any atom is -0.459 e. The first-order valence-corrected chi connectivity index (χ1v) is 8.80. The zero-order chi connectivity index (χ0) is 17.2. The summed E-state index contributed by atoms with van der Waals surface area (Å²) >= 11 is 1.55. The number of benzene rings is 1. The molecule has 0 saturated heterocycles. The van der Waals surface area contributed by atoms with Crippen molar-refractivity contribution in [3.05, 3.63) is 65.1 Å². The van der Waals surface area contributed by atoms with Gasteiger partial charge >= 0.3 is 0 Å². The second-order valence-electron chi connectivity index (χ2n) is 5.71. The van der Waals surface area contributed by atoms with Crippen LogP contribution in [0.4, 0.5) is 0 Å². The number of rotatable bonds is 5. The summed E-state index contributed by atoms with van der Waals surface area (Å²) in [6.07, 6.45) is 2.16. The molecule has 25 heavy (non-hydrogen) atoms. The van der Waals surface area contributed by atoms with Crippen molar-refractivity contribution >= 4 is 22.2 Å². The van der Waals surface area contributed by atoms with Gasteiger partial charge in [-0.05, 0) is 19.1 Å². The van der Waals surface area contributed by atoms with Crippen LogP contribution in [0, 0.1) is 6.92 Å². The maximum absolute atomic E-state index is 11.9. The van der Waals surface area contributed by atoms with Gasteiger partial charge in [0, 0.05) is 23.9 Å². The fourth-order valence-corrected chi connectivity index (χ4v) is 3.38. The van der Waals surface area contributed by atoms with E-state index in [1.165, 1.54) is 11.8 Å². The Morgan fingerprint density at radius 2 is 2.12 bits per heavy atom. The standard InChI is InChI=1S/C18H16N4O2S/c1-12-4-6-13(7-5-12)16-20-18-22(21-16)14(11-25-18)8-9-19-17(23)15-3-2-10-24-15/h2-7,10-11H,8-9H2,1H3,(H,19,23). The fraction of sp³-hybridized carbons (Fsp3) is 0.167. The molecule has 0 aliphatic carbocycles. The zero-order valence-corrected chi connectivity index (χ0v) is 14.4. The molecular weight excluding hydrogens is 336 g/mol. The second-order valence-corrected chi connectivity index (χ2v) is 6.54. The van der Waals surface area contributed by atoms with E-state index in [2.05, 4.69) is 34.5 Å². The molecule has 3 heterocycles. The molecule has 126 valence electrons. The number of hydrogen-bond donors (Lipinski definition) is 1. The van der Waals surface area contributed by atoms with Crippen molar-refractivity contribution in [1.29, 1.82) is 0 Å². The molecule has 4 rings (SSSR count). The van der Waals surface area contributed by atoms with Gasteiger partial charge in [0.25, 0.3) is 5.91 Å². The first-order chi connectivity index (χ1) is 12.2. The lowest BCUT2D eigenvalue weighted by molar-refractivity contribution is 0.0926. The number of nitrogens with one attached hydrogen (secondary N) is 1. The van der Waals surface area contributed by atoms with Crippen molar-refractivity contribution in [3.63, 3.8) is 0 Å². The predicted octanol–water partition coefficient (Wildman–Crippen LogP) is 3.33. The highest BCUT2D eigenvalue weighted by molar-refractivity contribution is 7.15. The predicted molar refractivity (Wildman–Crippen MR) is 95.8 cm³/mol. The number of aromatic nitrogens is 3. The van der Waals surface area contributed by atoms with Crippen molar-refractivity contribution in [2.75, 3.05) is 6.54 Å². The third-order valence-electron chi connectivity index (χ3n) is 3.87. The van der Waals surface area contributed by atoms with Gasteiger partial charge in [0.1, 0.15) is 0 Å². The zero-order valence-electron chi connectivity index (χ0n) is 13.6. The molecule has 7 heteroatoms. The van der Waals surface area contributed by atoms with Crippen LogP contribution in [-0.4, -0.2) is 27.0 Å². The number of nitrogens with zero attached hydrogens (tertiary/aromatic N) is 3. The van der Waals surface area contributed by atoms with Crippen molar-refractivity contribution < 1.29 is 9.21 Å². The topological polar surface area (TPSA) is 72.4 Å². The van der Waals surface area contributed by atoms with E-state index in [1.807, 2.05) is 22.0 Å². The Hall–Kier alpha value is -2.93. The van der Waals surface area contributed by atoms with Crippen molar-refractivity contribution in [1.82, 2.24) is 19.9 Å². The van der Waals surface area contributed by atoms with Gasteiger partial charge < -0.3 is 9.73 Å². The lowest BCUT2D eigenvalue weighted by Gasteiger charge is -2.02. The highest BCUT2D eigenvalue weighted by Crippen LogP contribution is 2.21. The third kappa shape index (κ3) is 3.18. The van der Waals surface area contributed by atoms with E-state index < -0.39 is 0 Å². The molecular formula is C18H16N4O2S. The molecule has 1 N–H and O–H groups in total. The van der Waals surface area contributed by atoms with E-state index in [9.17, 15) is 4.79 Å². The molecule has 0 spiro atoms. The van der Waals surface area contributed by atoms with Crippen molar-refractivity contribution in [2.45, 2.75) is 13.3 Å². The Balaban J connectivity index is 1.47. The van der Waals surface area contributed by atoms with Gasteiger partial charge in [-0.1, -0.05) is 29.8 Å². The van der Waals surface area contributed by atoms with Crippen LogP contribution in [0.5, 0.6) is 0 Å². The summed E-state index contributed by atoms with van der Waals surface area (Å²) < 4.78 is 6.92. The Kier molecular flexibility index (Phi) is 4.07. The minimum atomic E-state index is -0.213. The van der Waals surface area contributed by atoms with Crippen LogP contribution >= 0.6 is 11.3 Å². The van der Waals surface area contributed by atoms with Crippen LogP contribution in [-0.2, 0) is 6.42 Å². The molecule has 0 aliphatic rings. The Morgan fingerprint density at radius 3 is 2.88 bits per heavy atom. The van der Waals surface area contributed by atoms with E-state index in [4.69, 9.17) is 4.42 Å². The number of furan rings is 1. The third-order valence-corrected chi connectivity index (χ3v) is 4.74. The number of amides is 1. The van der Waals surface area contributed by atoms with Gasteiger partial charge in [0.05, 0.1) is 12.0 Å². The Labute approximate surface area is 148 Å². The van der Waals surface area contributed by atoms with Gasteiger partial charge in [-0.25, -0.2) is 4.52 Å². The van der Waals surface area contributed by atoms with E-state index >= 15 is 0 Å². The van der Waals surface area contributed by atoms with Gasteiger partial charge in [0.2, 0.25) is 4.96 Å². The molecule has 4 aromatic rings. The Morgan fingerprint density at radius 1 is 1.28 bits per heavy atom. The average Bonchev–Trinajstić information content (AvgIpc) is 3.33. The quantitative estimate of drug-likeness (QED) is 0.598. The molecule has 1 aromatic carbocycles. The summed E-state index contributed by atoms with van der Waals surface area (Å²) in [4.78, 5) is 17.3. The number of hydrogen-bond acceptors (Lipinski definition) is 5. The molecule has 0 radical (unpaired) electrons. The van der Waals surface area contributed by atoms with E-state index in [1.54, 1.807) is 23.5 Å². The second kappa shape index (κ2) is 6.52. The van der Waals surface area contributed by atoms with Gasteiger partial charge in [-0.15, -0.1) is 16.4 Å². The highest BCUT2D eigenvalue weighted by atomic mass is 32.1. The molecule has 0 unspecified atom stereocenters. The minimum absolute atomic E-state index is 0.213. The summed E-state index contributed by atoms with van der Waals surface area (Å²) in [5, 5.41) is 9.47. The van der Waals surface area contributed by atoms with Crippen LogP contribution in [0.1, 0.15) is 21.8 Å². The van der Waals surface area contributed by atoms with Gasteiger partial charge in [-0.2, -0.15) is 4.98 Å². The number of thiazole rings is 1. The summed E-state index contributed by atoms with van der Waals surface area (Å²) in [6.45, 7) is 2.56. The summed E-state index contributed by atoms with van der Waals surface area (Å²) in [6, 6.07) is 11.5. The molecule has 0 aliphatic heterocycles. The SMILES string of the molecule is Cc1ccc(-c2nc3scc(CCNC(=O)c4ccco4)n3n2)cc1. The normalized spacial score (nSPS) is 11.1. The van der Waals surface area contributed by atoms with E-state index in [0.717, 1.165) is 16.2 Å². The van der Waals surface area contributed by atoms with E-state index in [-0.39, 0.29) is 5.91 Å². The van der Waals surface area contributed by atoms with Gasteiger partial charge in [0.15, 0.2) is 11.6 Å².